The minimum Gasteiger partial charge on any atom is -0.396 e. The molecular weight excluding hydrogens is 214 g/mol. The quantitative estimate of drug-likeness (QED) is 0.769. The van der Waals surface area contributed by atoms with Gasteiger partial charge in [0.2, 0.25) is 0 Å². The van der Waals surface area contributed by atoms with Crippen LogP contribution in [0.25, 0.3) is 0 Å². The number of nitrogen functional groups attached to an aromatic ring is 1. The van der Waals surface area contributed by atoms with Crippen LogP contribution in [0.1, 0.15) is 12.5 Å². The van der Waals surface area contributed by atoms with Crippen LogP contribution >= 0.6 is 0 Å². The predicted octanol–water partition coefficient (Wildman–Crippen LogP) is 0.676. The van der Waals surface area contributed by atoms with E-state index in [1.165, 1.54) is 0 Å². The van der Waals surface area contributed by atoms with Crippen LogP contribution in [0.15, 0.2) is 12.3 Å². The van der Waals surface area contributed by atoms with Crippen molar-refractivity contribution in [2.45, 2.75) is 13.0 Å². The molecule has 0 saturated carbocycles. The topological polar surface area (TPSA) is 69.2 Å². The number of aromatic nitrogens is 1. The Bertz CT molecular complexity index is 451. The van der Waals surface area contributed by atoms with E-state index in [0.29, 0.717) is 17.3 Å². The maximum Gasteiger partial charge on any atom is 0.151 e. The van der Waals surface area contributed by atoms with Gasteiger partial charge in [-0.2, -0.15) is 5.26 Å². The highest BCUT2D eigenvalue weighted by Crippen LogP contribution is 2.23. The molecule has 0 amide bonds. The van der Waals surface area contributed by atoms with Crippen LogP contribution in [0.5, 0.6) is 0 Å². The van der Waals surface area contributed by atoms with E-state index < -0.39 is 0 Å². The van der Waals surface area contributed by atoms with Crippen LogP contribution in [0.4, 0.5) is 11.5 Å². The van der Waals surface area contributed by atoms with E-state index in [4.69, 9.17) is 11.0 Å². The van der Waals surface area contributed by atoms with Crippen LogP contribution in [-0.4, -0.2) is 42.6 Å². The van der Waals surface area contributed by atoms with Crippen molar-refractivity contribution >= 4 is 11.5 Å². The minimum absolute atomic E-state index is 0.487. The molecule has 2 rings (SSSR count). The van der Waals surface area contributed by atoms with Crippen molar-refractivity contribution in [1.82, 2.24) is 9.88 Å². The smallest absolute Gasteiger partial charge is 0.151 e. The number of nitrogens with zero attached hydrogens (tertiary/aromatic N) is 4. The molecule has 0 aliphatic carbocycles. The zero-order valence-electron chi connectivity index (χ0n) is 10.2. The van der Waals surface area contributed by atoms with Crippen LogP contribution in [0.3, 0.4) is 0 Å². The SMILES string of the molecule is CC1CN(c2ncc(C#N)cc2N)CCN1C. The number of nitrogens with two attached hydrogens (primary N) is 1. The molecule has 5 nitrogen and oxygen atoms in total. The number of likely N-dealkylation sites (N-methyl/N-ethyl adjacent to an activating group) is 1. The molecule has 90 valence electrons. The normalized spacial score (nSPS) is 21.2. The fourth-order valence-electron chi connectivity index (χ4n) is 2.04. The summed E-state index contributed by atoms with van der Waals surface area (Å²) in [4.78, 5) is 8.79. The summed E-state index contributed by atoms with van der Waals surface area (Å²) in [6.45, 7) is 5.03. The van der Waals surface area contributed by atoms with Crippen molar-refractivity contribution in [1.29, 1.82) is 5.26 Å². The molecule has 2 heterocycles. The molecule has 1 aromatic rings. The van der Waals surface area contributed by atoms with Gasteiger partial charge in [-0.05, 0) is 20.0 Å². The molecule has 17 heavy (non-hydrogen) atoms. The lowest BCUT2D eigenvalue weighted by Gasteiger charge is -2.38. The van der Waals surface area contributed by atoms with E-state index in [-0.39, 0.29) is 0 Å². The standard InChI is InChI=1S/C12H17N5/c1-9-8-17(4-3-16(9)2)12-11(14)5-10(6-13)7-15-12/h5,7,9H,3-4,8,14H2,1-2H3. The van der Waals surface area contributed by atoms with E-state index in [1.807, 2.05) is 6.07 Å². The molecule has 1 aliphatic rings. The van der Waals surface area contributed by atoms with E-state index in [0.717, 1.165) is 25.5 Å². The second kappa shape index (κ2) is 4.60. The monoisotopic (exact) mass is 231 g/mol. The average molecular weight is 231 g/mol. The van der Waals surface area contributed by atoms with Crippen LogP contribution in [-0.2, 0) is 0 Å². The van der Waals surface area contributed by atoms with Gasteiger partial charge in [-0.1, -0.05) is 0 Å². The van der Waals surface area contributed by atoms with E-state index in [9.17, 15) is 0 Å². The number of pyridine rings is 1. The lowest BCUT2D eigenvalue weighted by Crippen LogP contribution is -2.50. The molecule has 2 N–H and O–H groups in total. The Kier molecular flexibility index (Phi) is 3.16. The van der Waals surface area contributed by atoms with Gasteiger partial charge in [0, 0.05) is 31.9 Å². The highest BCUT2D eigenvalue weighted by Gasteiger charge is 2.22. The first-order valence-electron chi connectivity index (χ1n) is 5.72. The zero-order chi connectivity index (χ0) is 12.4. The summed E-state index contributed by atoms with van der Waals surface area (Å²) in [5.74, 6) is 0.795. The summed E-state index contributed by atoms with van der Waals surface area (Å²) in [6, 6.07) is 4.22. The molecule has 1 atom stereocenters. The highest BCUT2D eigenvalue weighted by molar-refractivity contribution is 5.64. The first-order chi connectivity index (χ1) is 8.11. The summed E-state index contributed by atoms with van der Waals surface area (Å²) < 4.78 is 0. The summed E-state index contributed by atoms with van der Waals surface area (Å²) in [5, 5.41) is 8.77. The van der Waals surface area contributed by atoms with Crippen LogP contribution in [0, 0.1) is 11.3 Å². The summed E-state index contributed by atoms with van der Waals surface area (Å²) in [5.41, 5.74) is 7.03. The van der Waals surface area contributed by atoms with Crippen molar-refractivity contribution < 1.29 is 0 Å². The second-order valence-corrected chi connectivity index (χ2v) is 4.52. The Hall–Kier alpha value is -1.80. The van der Waals surface area contributed by atoms with Crippen molar-refractivity contribution in [3.63, 3.8) is 0 Å². The van der Waals surface area contributed by atoms with Crippen molar-refractivity contribution in [3.05, 3.63) is 17.8 Å². The zero-order valence-corrected chi connectivity index (χ0v) is 10.2. The van der Waals surface area contributed by atoms with Gasteiger partial charge in [-0.15, -0.1) is 0 Å². The van der Waals surface area contributed by atoms with E-state index in [2.05, 4.69) is 28.8 Å². The van der Waals surface area contributed by atoms with Gasteiger partial charge in [-0.3, -0.25) is 0 Å². The summed E-state index contributed by atoms with van der Waals surface area (Å²) >= 11 is 0. The largest absolute Gasteiger partial charge is 0.396 e. The number of hydrogen-bond acceptors (Lipinski definition) is 5. The van der Waals surface area contributed by atoms with E-state index >= 15 is 0 Å². The highest BCUT2D eigenvalue weighted by atomic mass is 15.3. The average Bonchev–Trinajstić information content (AvgIpc) is 2.32. The fraction of sp³-hybridized carbons (Fsp3) is 0.500. The number of piperazine rings is 1. The Morgan fingerprint density at radius 3 is 2.88 bits per heavy atom. The number of nitriles is 1. The van der Waals surface area contributed by atoms with Gasteiger partial charge in [0.25, 0.3) is 0 Å². The first kappa shape index (κ1) is 11.7. The molecule has 1 fully saturated rings. The summed E-state index contributed by atoms with van der Waals surface area (Å²) in [6.07, 6.45) is 1.58. The maximum absolute atomic E-state index is 8.77. The van der Waals surface area contributed by atoms with Gasteiger partial charge >= 0.3 is 0 Å². The van der Waals surface area contributed by atoms with E-state index in [1.54, 1.807) is 12.3 Å². The van der Waals surface area contributed by atoms with Crippen molar-refractivity contribution in [2.75, 3.05) is 37.3 Å². The molecule has 1 unspecified atom stereocenters. The molecule has 5 heteroatoms. The number of hydrogen-bond donors (Lipinski definition) is 1. The van der Waals surface area contributed by atoms with Crippen molar-refractivity contribution in [3.8, 4) is 6.07 Å². The Balaban J connectivity index is 2.21. The van der Waals surface area contributed by atoms with Crippen molar-refractivity contribution in [2.24, 2.45) is 0 Å². The minimum atomic E-state index is 0.487. The second-order valence-electron chi connectivity index (χ2n) is 4.52. The first-order valence-corrected chi connectivity index (χ1v) is 5.72. The summed E-state index contributed by atoms with van der Waals surface area (Å²) in [7, 11) is 2.12. The third kappa shape index (κ3) is 2.32. The maximum atomic E-state index is 8.77. The Morgan fingerprint density at radius 2 is 2.29 bits per heavy atom. The van der Waals surface area contributed by atoms with Gasteiger partial charge in [0.05, 0.1) is 11.3 Å². The van der Waals surface area contributed by atoms with Crippen LogP contribution < -0.4 is 10.6 Å². The number of anilines is 2. The molecule has 1 aliphatic heterocycles. The predicted molar refractivity (Wildman–Crippen MR) is 67.7 cm³/mol. The Labute approximate surface area is 101 Å². The molecule has 1 aromatic heterocycles. The third-order valence-electron chi connectivity index (χ3n) is 3.28. The molecule has 0 bridgehead atoms. The molecule has 1 saturated heterocycles. The fourth-order valence-corrected chi connectivity index (χ4v) is 2.04. The molecular formula is C12H17N5. The molecule has 0 radical (unpaired) electrons. The third-order valence-corrected chi connectivity index (χ3v) is 3.28. The Morgan fingerprint density at radius 1 is 1.53 bits per heavy atom. The van der Waals surface area contributed by atoms with Gasteiger partial charge in [-0.25, -0.2) is 4.98 Å². The van der Waals surface area contributed by atoms with Gasteiger partial charge in [0.15, 0.2) is 5.82 Å². The van der Waals surface area contributed by atoms with Gasteiger partial charge in [0.1, 0.15) is 6.07 Å². The molecule has 0 spiro atoms. The lowest BCUT2D eigenvalue weighted by atomic mass is 10.2. The number of rotatable bonds is 1. The van der Waals surface area contributed by atoms with Crippen LogP contribution in [0.2, 0.25) is 0 Å². The lowest BCUT2D eigenvalue weighted by molar-refractivity contribution is 0.233. The van der Waals surface area contributed by atoms with Gasteiger partial charge < -0.3 is 15.5 Å². The molecule has 0 aromatic carbocycles.